The molecule has 52 heavy (non-hydrogen) atoms. The summed E-state index contributed by atoms with van der Waals surface area (Å²) in [6.07, 6.45) is 53.6. The van der Waals surface area contributed by atoms with Crippen LogP contribution in [0, 0.1) is 0 Å². The third kappa shape index (κ3) is 40.1. The van der Waals surface area contributed by atoms with Crippen molar-refractivity contribution in [3.05, 3.63) is 72.9 Å². The van der Waals surface area contributed by atoms with Gasteiger partial charge >= 0.3 is 11.9 Å². The fraction of sp³-hybridized carbons (Fsp3) is 0.702. The Morgan fingerprint density at radius 2 is 0.865 bits per heavy atom. The summed E-state index contributed by atoms with van der Waals surface area (Å²) in [5.41, 5.74) is 0. The maximum Gasteiger partial charge on any atom is 0.306 e. The molecule has 0 aromatic heterocycles. The van der Waals surface area contributed by atoms with Crippen LogP contribution in [0.15, 0.2) is 72.9 Å². The molecule has 5 nitrogen and oxygen atoms in total. The molecule has 0 aromatic carbocycles. The Hall–Kier alpha value is -2.66. The molecule has 0 aliphatic heterocycles. The van der Waals surface area contributed by atoms with E-state index in [1.165, 1.54) is 57.8 Å². The van der Waals surface area contributed by atoms with Crippen LogP contribution in [-0.2, 0) is 23.8 Å². The number of unbranched alkanes of at least 4 members (excludes halogenated alkanes) is 15. The maximum atomic E-state index is 12.5. The minimum Gasteiger partial charge on any atom is -0.462 e. The van der Waals surface area contributed by atoms with Crippen LogP contribution in [0.25, 0.3) is 0 Å². The van der Waals surface area contributed by atoms with Crippen molar-refractivity contribution in [1.29, 1.82) is 0 Å². The number of rotatable bonds is 38. The number of allylic oxidation sites excluding steroid dienone is 12. The van der Waals surface area contributed by atoms with Crippen molar-refractivity contribution in [2.45, 2.75) is 194 Å². The zero-order valence-electron chi connectivity index (χ0n) is 34.1. The highest BCUT2D eigenvalue weighted by Crippen LogP contribution is 2.12. The number of ether oxygens (including phenoxy) is 3. The molecule has 0 aromatic rings. The van der Waals surface area contributed by atoms with E-state index in [1.54, 1.807) is 0 Å². The lowest BCUT2D eigenvalue weighted by atomic mass is 10.1. The van der Waals surface area contributed by atoms with Crippen molar-refractivity contribution < 1.29 is 23.8 Å². The van der Waals surface area contributed by atoms with Gasteiger partial charge in [-0.3, -0.25) is 9.59 Å². The highest BCUT2D eigenvalue weighted by Gasteiger charge is 2.17. The van der Waals surface area contributed by atoms with E-state index >= 15 is 0 Å². The largest absolute Gasteiger partial charge is 0.462 e. The van der Waals surface area contributed by atoms with E-state index in [9.17, 15) is 9.59 Å². The molecule has 0 fully saturated rings. The molecular weight excluding hydrogens is 645 g/mol. The number of hydrogen-bond acceptors (Lipinski definition) is 5. The summed E-state index contributed by atoms with van der Waals surface area (Å²) < 4.78 is 17.1. The quantitative estimate of drug-likeness (QED) is 0.0360. The number of hydrogen-bond donors (Lipinski definition) is 0. The summed E-state index contributed by atoms with van der Waals surface area (Å²) in [6, 6.07) is 0. The minimum absolute atomic E-state index is 0.0642. The van der Waals surface area contributed by atoms with Crippen LogP contribution in [0.3, 0.4) is 0 Å². The first-order valence-electron chi connectivity index (χ1n) is 21.5. The first-order valence-corrected chi connectivity index (χ1v) is 21.5. The van der Waals surface area contributed by atoms with E-state index in [0.717, 1.165) is 96.3 Å². The summed E-state index contributed by atoms with van der Waals surface area (Å²) in [5.74, 6) is -0.453. The standard InChI is InChI=1S/C47H80O5/c1-4-7-10-13-15-17-19-21-22-23-24-25-27-29-31-33-36-39-42-50-43-45(52-47(49)41-38-34-12-9-6-3)44-51-46(48)40-37-35-32-30-28-26-20-18-16-14-11-8-5-2/h7-8,10-11,15-18,21-22,26,28,45H,4-6,9,12-14,19-20,23-25,27,29-44H2,1-3H3/b10-7-,11-8-,17-15-,18-16-,22-21-,28-26-. The van der Waals surface area contributed by atoms with Crippen LogP contribution in [-0.4, -0.2) is 37.9 Å². The third-order valence-corrected chi connectivity index (χ3v) is 8.74. The summed E-state index contributed by atoms with van der Waals surface area (Å²) in [7, 11) is 0. The van der Waals surface area contributed by atoms with Crippen LogP contribution in [0.5, 0.6) is 0 Å². The lowest BCUT2D eigenvalue weighted by Crippen LogP contribution is -2.30. The van der Waals surface area contributed by atoms with Crippen LogP contribution in [0.4, 0.5) is 0 Å². The molecule has 0 saturated carbocycles. The Labute approximate surface area is 321 Å². The van der Waals surface area contributed by atoms with E-state index in [1.807, 2.05) is 0 Å². The van der Waals surface area contributed by atoms with Gasteiger partial charge in [-0.1, -0.05) is 164 Å². The van der Waals surface area contributed by atoms with Crippen LogP contribution in [0.2, 0.25) is 0 Å². The van der Waals surface area contributed by atoms with E-state index in [-0.39, 0.29) is 25.2 Å². The second kappa shape index (κ2) is 42.8. The summed E-state index contributed by atoms with van der Waals surface area (Å²) in [5, 5.41) is 0. The van der Waals surface area contributed by atoms with Crippen LogP contribution in [0.1, 0.15) is 188 Å². The lowest BCUT2D eigenvalue weighted by Gasteiger charge is -2.18. The second-order valence-electron chi connectivity index (χ2n) is 13.8. The molecule has 298 valence electrons. The van der Waals surface area contributed by atoms with Crippen molar-refractivity contribution in [2.75, 3.05) is 19.8 Å². The highest BCUT2D eigenvalue weighted by molar-refractivity contribution is 5.70. The van der Waals surface area contributed by atoms with Gasteiger partial charge in [-0.25, -0.2) is 0 Å². The predicted molar refractivity (Wildman–Crippen MR) is 224 cm³/mol. The average molecular weight is 725 g/mol. The Morgan fingerprint density at radius 3 is 1.40 bits per heavy atom. The molecule has 0 amide bonds. The molecule has 0 rings (SSSR count). The van der Waals surface area contributed by atoms with Crippen molar-refractivity contribution in [3.8, 4) is 0 Å². The van der Waals surface area contributed by atoms with Crippen LogP contribution < -0.4 is 0 Å². The summed E-state index contributed by atoms with van der Waals surface area (Å²) in [6.45, 7) is 7.47. The number of esters is 2. The second-order valence-corrected chi connectivity index (χ2v) is 13.8. The lowest BCUT2D eigenvalue weighted by molar-refractivity contribution is -0.163. The van der Waals surface area contributed by atoms with Gasteiger partial charge in [-0.2, -0.15) is 0 Å². The molecule has 0 saturated heterocycles. The number of carbonyl (C=O) groups excluding carboxylic acids is 2. The Bertz CT molecular complexity index is 957. The van der Waals surface area contributed by atoms with Gasteiger partial charge in [0.25, 0.3) is 0 Å². The van der Waals surface area contributed by atoms with Gasteiger partial charge in [0, 0.05) is 19.4 Å². The first kappa shape index (κ1) is 49.3. The van der Waals surface area contributed by atoms with Gasteiger partial charge in [0.1, 0.15) is 6.61 Å². The molecule has 5 heteroatoms. The SMILES string of the molecule is CC/C=C\C/C=C\C/C=C\CCCCCCCCCCOCC(COC(=O)CCCCC/C=C\C/C=C\C/C=C\CC)OC(=O)CCCCCCC. The van der Waals surface area contributed by atoms with Gasteiger partial charge in [0.15, 0.2) is 6.10 Å². The molecule has 1 atom stereocenters. The molecule has 0 spiro atoms. The van der Waals surface area contributed by atoms with Gasteiger partial charge in [-0.15, -0.1) is 0 Å². The fourth-order valence-electron chi connectivity index (χ4n) is 5.60. The molecule has 0 N–H and O–H groups in total. The molecule has 0 bridgehead atoms. The maximum absolute atomic E-state index is 12.5. The van der Waals surface area contributed by atoms with Gasteiger partial charge in [-0.05, 0) is 83.5 Å². The van der Waals surface area contributed by atoms with Crippen molar-refractivity contribution in [2.24, 2.45) is 0 Å². The molecule has 0 aliphatic rings. The molecule has 0 aliphatic carbocycles. The minimum atomic E-state index is -0.548. The zero-order chi connectivity index (χ0) is 37.8. The van der Waals surface area contributed by atoms with E-state index < -0.39 is 6.10 Å². The third-order valence-electron chi connectivity index (χ3n) is 8.74. The Kier molecular flexibility index (Phi) is 40.6. The summed E-state index contributed by atoms with van der Waals surface area (Å²) >= 11 is 0. The predicted octanol–water partition coefficient (Wildman–Crippen LogP) is 14.0. The van der Waals surface area contributed by atoms with Gasteiger partial charge in [0.05, 0.1) is 6.61 Å². The van der Waals surface area contributed by atoms with Gasteiger partial charge in [0.2, 0.25) is 0 Å². The molecular formula is C47H80O5. The first-order chi connectivity index (χ1) is 25.6. The van der Waals surface area contributed by atoms with Crippen molar-refractivity contribution >= 4 is 11.9 Å². The molecule has 0 radical (unpaired) electrons. The molecule has 1 unspecified atom stereocenters. The van der Waals surface area contributed by atoms with Crippen LogP contribution >= 0.6 is 0 Å². The smallest absolute Gasteiger partial charge is 0.306 e. The monoisotopic (exact) mass is 725 g/mol. The highest BCUT2D eigenvalue weighted by atomic mass is 16.6. The van der Waals surface area contributed by atoms with E-state index in [0.29, 0.717) is 19.4 Å². The van der Waals surface area contributed by atoms with Gasteiger partial charge < -0.3 is 14.2 Å². The average Bonchev–Trinajstić information content (AvgIpc) is 3.14. The van der Waals surface area contributed by atoms with E-state index in [4.69, 9.17) is 14.2 Å². The zero-order valence-corrected chi connectivity index (χ0v) is 34.1. The Morgan fingerprint density at radius 1 is 0.442 bits per heavy atom. The molecule has 0 heterocycles. The van der Waals surface area contributed by atoms with Crippen molar-refractivity contribution in [3.63, 3.8) is 0 Å². The van der Waals surface area contributed by atoms with Crippen molar-refractivity contribution in [1.82, 2.24) is 0 Å². The normalized spacial score (nSPS) is 12.9. The number of carbonyl (C=O) groups is 2. The fourth-order valence-corrected chi connectivity index (χ4v) is 5.60. The van der Waals surface area contributed by atoms with E-state index in [2.05, 4.69) is 93.7 Å². The Balaban J connectivity index is 4.12. The summed E-state index contributed by atoms with van der Waals surface area (Å²) in [4.78, 5) is 24.9. The topological polar surface area (TPSA) is 61.8 Å².